The Morgan fingerprint density at radius 2 is 2.19 bits per heavy atom. The van der Waals surface area contributed by atoms with Gasteiger partial charge in [-0.15, -0.1) is 11.3 Å². The van der Waals surface area contributed by atoms with Crippen molar-refractivity contribution in [2.24, 2.45) is 5.92 Å². The van der Waals surface area contributed by atoms with Gasteiger partial charge in [0.15, 0.2) is 10.8 Å². The molecule has 0 bridgehead atoms. The molecule has 1 rings (SSSR count). The van der Waals surface area contributed by atoms with Crippen molar-refractivity contribution in [3.8, 4) is 0 Å². The fourth-order valence-electron chi connectivity index (χ4n) is 1.56. The summed E-state index contributed by atoms with van der Waals surface area (Å²) in [4.78, 5) is 15.7. The molecule has 0 fully saturated rings. The van der Waals surface area contributed by atoms with Crippen molar-refractivity contribution >= 4 is 22.4 Å². The highest BCUT2D eigenvalue weighted by molar-refractivity contribution is 7.15. The number of carboxylic acid groups (broad SMARTS) is 1. The molecule has 5 heteroatoms. The van der Waals surface area contributed by atoms with Gasteiger partial charge in [-0.05, 0) is 19.3 Å². The molecule has 1 aromatic heterocycles. The van der Waals surface area contributed by atoms with Crippen molar-refractivity contribution in [2.75, 3.05) is 5.32 Å². The van der Waals surface area contributed by atoms with Crippen LogP contribution >= 0.6 is 11.3 Å². The molecule has 0 saturated heterocycles. The lowest BCUT2D eigenvalue weighted by Crippen LogP contribution is -2.24. The van der Waals surface area contributed by atoms with Gasteiger partial charge >= 0.3 is 5.97 Å². The Balaban J connectivity index is 2.82. The van der Waals surface area contributed by atoms with Crippen LogP contribution in [0.4, 0.5) is 5.13 Å². The zero-order valence-corrected chi connectivity index (χ0v) is 10.9. The van der Waals surface area contributed by atoms with Gasteiger partial charge < -0.3 is 10.4 Å². The van der Waals surface area contributed by atoms with Gasteiger partial charge in [0.25, 0.3) is 0 Å². The highest BCUT2D eigenvalue weighted by atomic mass is 32.1. The van der Waals surface area contributed by atoms with Gasteiger partial charge in [-0.3, -0.25) is 0 Å². The predicted molar refractivity (Wildman–Crippen MR) is 66.4 cm³/mol. The van der Waals surface area contributed by atoms with Crippen LogP contribution in [0.25, 0.3) is 0 Å². The van der Waals surface area contributed by atoms with Crippen LogP contribution in [-0.2, 0) is 0 Å². The van der Waals surface area contributed by atoms with Gasteiger partial charge in [-0.1, -0.05) is 20.8 Å². The van der Waals surface area contributed by atoms with Gasteiger partial charge in [0.1, 0.15) is 0 Å². The summed E-state index contributed by atoms with van der Waals surface area (Å²) in [6.45, 7) is 8.17. The highest BCUT2D eigenvalue weighted by Crippen LogP contribution is 2.24. The average molecular weight is 242 g/mol. The number of carbonyl (C=O) groups is 1. The number of hydrogen-bond acceptors (Lipinski definition) is 4. The molecule has 0 spiro atoms. The Labute approximate surface area is 99.7 Å². The quantitative estimate of drug-likeness (QED) is 0.833. The maximum atomic E-state index is 10.8. The molecule has 0 saturated carbocycles. The number of aromatic carboxylic acids is 1. The lowest BCUT2D eigenvalue weighted by Gasteiger charge is -2.19. The molecule has 0 radical (unpaired) electrons. The lowest BCUT2D eigenvalue weighted by atomic mass is 10.0. The smallest absolute Gasteiger partial charge is 0.355 e. The minimum atomic E-state index is -0.959. The third kappa shape index (κ3) is 2.95. The molecule has 2 N–H and O–H groups in total. The van der Waals surface area contributed by atoms with Crippen LogP contribution in [0.1, 0.15) is 42.6 Å². The number of nitrogens with one attached hydrogen (secondary N) is 1. The van der Waals surface area contributed by atoms with Gasteiger partial charge in [-0.25, -0.2) is 9.78 Å². The molecule has 0 aliphatic carbocycles. The molecule has 0 aliphatic heterocycles. The number of carboxylic acids is 1. The molecule has 90 valence electrons. The SMILES string of the molecule is CCC(Nc1nc(C(=O)O)c(C)s1)C(C)C. The molecule has 0 aliphatic rings. The normalized spacial score (nSPS) is 12.8. The molecule has 1 aromatic rings. The Morgan fingerprint density at radius 1 is 1.56 bits per heavy atom. The second kappa shape index (κ2) is 5.30. The first-order valence-corrected chi connectivity index (χ1v) is 6.24. The standard InChI is InChI=1S/C11H18N2O2S/c1-5-8(6(2)3)12-11-13-9(10(14)15)7(4)16-11/h6,8H,5H2,1-4H3,(H,12,13)(H,14,15). The second-order valence-corrected chi connectivity index (χ2v) is 5.34. The minimum Gasteiger partial charge on any atom is -0.476 e. The number of nitrogens with zero attached hydrogens (tertiary/aromatic N) is 1. The largest absolute Gasteiger partial charge is 0.476 e. The van der Waals surface area contributed by atoms with E-state index in [1.54, 1.807) is 6.92 Å². The molecular weight excluding hydrogens is 224 g/mol. The summed E-state index contributed by atoms with van der Waals surface area (Å²) < 4.78 is 0. The second-order valence-electron chi connectivity index (χ2n) is 4.13. The molecule has 0 aromatic carbocycles. The van der Waals surface area contributed by atoms with Crippen LogP contribution in [0.15, 0.2) is 0 Å². The number of rotatable bonds is 5. The van der Waals surface area contributed by atoms with Crippen LogP contribution in [0, 0.1) is 12.8 Å². The Morgan fingerprint density at radius 3 is 2.56 bits per heavy atom. The number of thiazole rings is 1. The predicted octanol–water partition coefficient (Wildman–Crippen LogP) is 3.00. The van der Waals surface area contributed by atoms with E-state index in [9.17, 15) is 4.79 Å². The van der Waals surface area contributed by atoms with Crippen LogP contribution in [-0.4, -0.2) is 22.1 Å². The van der Waals surface area contributed by atoms with Gasteiger partial charge in [0, 0.05) is 10.9 Å². The van der Waals surface area contributed by atoms with Crippen molar-refractivity contribution in [3.05, 3.63) is 10.6 Å². The summed E-state index contributed by atoms with van der Waals surface area (Å²) in [5.74, 6) is -0.457. The van der Waals surface area contributed by atoms with Gasteiger partial charge in [-0.2, -0.15) is 0 Å². The van der Waals surface area contributed by atoms with E-state index in [-0.39, 0.29) is 5.69 Å². The monoisotopic (exact) mass is 242 g/mol. The Hall–Kier alpha value is -1.10. The first-order valence-electron chi connectivity index (χ1n) is 5.43. The van der Waals surface area contributed by atoms with Crippen molar-refractivity contribution < 1.29 is 9.90 Å². The fraction of sp³-hybridized carbons (Fsp3) is 0.636. The van der Waals surface area contributed by atoms with Crippen molar-refractivity contribution in [1.82, 2.24) is 4.98 Å². The molecule has 16 heavy (non-hydrogen) atoms. The van der Waals surface area contributed by atoms with E-state index in [1.807, 2.05) is 0 Å². The minimum absolute atomic E-state index is 0.158. The van der Waals surface area contributed by atoms with Gasteiger partial charge in [0.2, 0.25) is 0 Å². The lowest BCUT2D eigenvalue weighted by molar-refractivity contribution is 0.0690. The van der Waals surface area contributed by atoms with Crippen molar-refractivity contribution in [1.29, 1.82) is 0 Å². The fourth-order valence-corrected chi connectivity index (χ4v) is 2.42. The Kier molecular flexibility index (Phi) is 4.29. The summed E-state index contributed by atoms with van der Waals surface area (Å²) in [6.07, 6.45) is 0.999. The van der Waals surface area contributed by atoms with Crippen LogP contribution in [0.2, 0.25) is 0 Å². The third-order valence-corrected chi connectivity index (χ3v) is 3.45. The summed E-state index contributed by atoms with van der Waals surface area (Å²) in [5.41, 5.74) is 0.158. The van der Waals surface area contributed by atoms with Crippen LogP contribution in [0.5, 0.6) is 0 Å². The highest BCUT2D eigenvalue weighted by Gasteiger charge is 2.17. The maximum absolute atomic E-state index is 10.8. The molecule has 1 atom stereocenters. The van der Waals surface area contributed by atoms with Crippen LogP contribution < -0.4 is 5.32 Å². The van der Waals surface area contributed by atoms with E-state index >= 15 is 0 Å². The Bertz CT molecular complexity index is 374. The number of hydrogen-bond donors (Lipinski definition) is 2. The average Bonchev–Trinajstić information content (AvgIpc) is 2.55. The van der Waals surface area contributed by atoms with E-state index < -0.39 is 5.97 Å². The van der Waals surface area contributed by atoms with E-state index in [2.05, 4.69) is 31.1 Å². The maximum Gasteiger partial charge on any atom is 0.355 e. The number of aromatic nitrogens is 1. The van der Waals surface area contributed by atoms with Gasteiger partial charge in [0.05, 0.1) is 0 Å². The molecule has 1 heterocycles. The van der Waals surface area contributed by atoms with Crippen molar-refractivity contribution in [3.63, 3.8) is 0 Å². The van der Waals surface area contributed by atoms with E-state index in [0.717, 1.165) is 11.3 Å². The zero-order valence-electron chi connectivity index (χ0n) is 10.1. The molecule has 1 unspecified atom stereocenters. The number of anilines is 1. The molecular formula is C11H18N2O2S. The molecule has 4 nitrogen and oxygen atoms in total. The first kappa shape index (κ1) is 13.0. The number of aryl methyl sites for hydroxylation is 1. The van der Waals surface area contributed by atoms with E-state index in [4.69, 9.17) is 5.11 Å². The summed E-state index contributed by atoms with van der Waals surface area (Å²) in [6, 6.07) is 0.340. The first-order chi connectivity index (χ1) is 7.45. The van der Waals surface area contributed by atoms with E-state index in [1.165, 1.54) is 11.3 Å². The van der Waals surface area contributed by atoms with E-state index in [0.29, 0.717) is 17.1 Å². The van der Waals surface area contributed by atoms with Crippen LogP contribution in [0.3, 0.4) is 0 Å². The third-order valence-electron chi connectivity index (χ3n) is 2.55. The summed E-state index contributed by atoms with van der Waals surface area (Å²) >= 11 is 1.40. The zero-order chi connectivity index (χ0) is 12.3. The summed E-state index contributed by atoms with van der Waals surface area (Å²) in [5, 5.41) is 12.9. The topological polar surface area (TPSA) is 62.2 Å². The summed E-state index contributed by atoms with van der Waals surface area (Å²) in [7, 11) is 0. The molecule has 0 amide bonds. The van der Waals surface area contributed by atoms with Crippen molar-refractivity contribution in [2.45, 2.75) is 40.2 Å².